The van der Waals surface area contributed by atoms with Gasteiger partial charge in [0.05, 0.1) is 25.8 Å². The molecule has 1 saturated heterocycles. The van der Waals surface area contributed by atoms with Crippen molar-refractivity contribution in [2.45, 2.75) is 12.6 Å². The third-order valence-corrected chi connectivity index (χ3v) is 4.59. The van der Waals surface area contributed by atoms with Gasteiger partial charge in [-0.05, 0) is 23.6 Å². The number of hydrogen-bond acceptors (Lipinski definition) is 7. The summed E-state index contributed by atoms with van der Waals surface area (Å²) in [5, 5.41) is 16.0. The number of nitrogens with zero attached hydrogens (tertiary/aromatic N) is 3. The molecule has 3 heterocycles. The summed E-state index contributed by atoms with van der Waals surface area (Å²) in [4.78, 5) is 15.4. The van der Waals surface area contributed by atoms with Gasteiger partial charge in [-0.15, -0.1) is 16.4 Å². The summed E-state index contributed by atoms with van der Waals surface area (Å²) in [6.45, 7) is 3.76. The van der Waals surface area contributed by atoms with E-state index in [0.29, 0.717) is 26.2 Å². The number of carbonyl (C=O) groups excluding carboxylic acids is 1. The Labute approximate surface area is 145 Å². The van der Waals surface area contributed by atoms with Crippen molar-refractivity contribution in [2.75, 3.05) is 38.1 Å². The number of morpholine rings is 1. The van der Waals surface area contributed by atoms with Gasteiger partial charge in [0.1, 0.15) is 5.82 Å². The third kappa shape index (κ3) is 5.26. The van der Waals surface area contributed by atoms with Crippen LogP contribution in [0.25, 0.3) is 0 Å². The van der Waals surface area contributed by atoms with Crippen LogP contribution in [0.4, 0.5) is 5.82 Å². The summed E-state index contributed by atoms with van der Waals surface area (Å²) in [6, 6.07) is 7.71. The highest BCUT2D eigenvalue weighted by atomic mass is 32.1. The molecule has 1 fully saturated rings. The first-order valence-corrected chi connectivity index (χ1v) is 8.82. The average molecular weight is 347 g/mol. The topological polar surface area (TPSA) is 79.4 Å². The van der Waals surface area contributed by atoms with Crippen molar-refractivity contribution >= 4 is 23.1 Å². The molecule has 1 aliphatic rings. The van der Waals surface area contributed by atoms with Gasteiger partial charge in [-0.1, -0.05) is 6.07 Å². The molecule has 0 bridgehead atoms. The van der Waals surface area contributed by atoms with Crippen molar-refractivity contribution in [1.29, 1.82) is 0 Å². The third-order valence-electron chi connectivity index (χ3n) is 3.71. The number of ether oxygens (including phenoxy) is 1. The number of rotatable bonds is 7. The standard InChI is InChI=1S/C16H21N5O2S/c22-16(18-10-14-3-2-8-24-14)12-21-6-7-23-13(11-21)9-17-15-4-1-5-19-20-15/h1-5,8,13H,6-7,9-12H2,(H,17,20)(H,18,22)/t13-/m0/s1. The summed E-state index contributed by atoms with van der Waals surface area (Å²) >= 11 is 1.65. The molecular weight excluding hydrogens is 326 g/mol. The van der Waals surface area contributed by atoms with Crippen LogP contribution in [0.3, 0.4) is 0 Å². The van der Waals surface area contributed by atoms with Gasteiger partial charge < -0.3 is 15.4 Å². The van der Waals surface area contributed by atoms with Crippen molar-refractivity contribution in [2.24, 2.45) is 0 Å². The number of carbonyl (C=O) groups is 1. The van der Waals surface area contributed by atoms with Crippen LogP contribution in [0.5, 0.6) is 0 Å². The number of aromatic nitrogens is 2. The summed E-state index contributed by atoms with van der Waals surface area (Å²) in [5.74, 6) is 0.776. The molecule has 24 heavy (non-hydrogen) atoms. The van der Waals surface area contributed by atoms with Gasteiger partial charge in [-0.25, -0.2) is 0 Å². The fourth-order valence-corrected chi connectivity index (χ4v) is 3.16. The molecule has 2 N–H and O–H groups in total. The van der Waals surface area contributed by atoms with E-state index in [0.717, 1.165) is 23.8 Å². The van der Waals surface area contributed by atoms with Crippen molar-refractivity contribution in [3.8, 4) is 0 Å². The van der Waals surface area contributed by atoms with E-state index in [9.17, 15) is 4.79 Å². The second-order valence-electron chi connectivity index (χ2n) is 5.57. The second kappa shape index (κ2) is 8.72. The Hall–Kier alpha value is -2.03. The molecule has 7 nitrogen and oxygen atoms in total. The Morgan fingerprint density at radius 1 is 1.42 bits per heavy atom. The summed E-state index contributed by atoms with van der Waals surface area (Å²) in [7, 11) is 0. The molecule has 0 saturated carbocycles. The number of amides is 1. The molecule has 0 spiro atoms. The molecule has 0 unspecified atom stereocenters. The fourth-order valence-electron chi connectivity index (χ4n) is 2.52. The van der Waals surface area contributed by atoms with E-state index in [1.165, 1.54) is 0 Å². The molecule has 0 aromatic carbocycles. The first kappa shape index (κ1) is 16.8. The maximum Gasteiger partial charge on any atom is 0.234 e. The zero-order valence-electron chi connectivity index (χ0n) is 13.4. The number of hydrogen-bond donors (Lipinski definition) is 2. The highest BCUT2D eigenvalue weighted by molar-refractivity contribution is 7.09. The minimum absolute atomic E-state index is 0.0332. The number of nitrogens with one attached hydrogen (secondary N) is 2. The zero-order chi connectivity index (χ0) is 16.6. The maximum atomic E-state index is 12.1. The highest BCUT2D eigenvalue weighted by Crippen LogP contribution is 2.09. The van der Waals surface area contributed by atoms with Crippen LogP contribution in [0, 0.1) is 0 Å². The van der Waals surface area contributed by atoms with Gasteiger partial charge >= 0.3 is 0 Å². The molecule has 1 aliphatic heterocycles. The summed E-state index contributed by atoms with van der Waals surface area (Å²) < 4.78 is 5.75. The number of anilines is 1. The lowest BCUT2D eigenvalue weighted by Crippen LogP contribution is -2.48. The van der Waals surface area contributed by atoms with E-state index in [1.54, 1.807) is 17.5 Å². The van der Waals surface area contributed by atoms with Gasteiger partial charge in [0, 0.05) is 30.7 Å². The summed E-state index contributed by atoms with van der Waals surface area (Å²) in [5.41, 5.74) is 0. The van der Waals surface area contributed by atoms with Gasteiger partial charge in [-0.3, -0.25) is 9.69 Å². The van der Waals surface area contributed by atoms with Gasteiger partial charge in [-0.2, -0.15) is 5.10 Å². The van der Waals surface area contributed by atoms with E-state index in [2.05, 4.69) is 25.7 Å². The Kier molecular flexibility index (Phi) is 6.11. The van der Waals surface area contributed by atoms with Crippen LogP contribution in [0.15, 0.2) is 35.8 Å². The van der Waals surface area contributed by atoms with Gasteiger partial charge in [0.2, 0.25) is 5.91 Å². The lowest BCUT2D eigenvalue weighted by atomic mass is 10.2. The van der Waals surface area contributed by atoms with Crippen LogP contribution in [-0.4, -0.2) is 59.9 Å². The molecule has 2 aromatic heterocycles. The molecule has 0 radical (unpaired) electrons. The van der Waals surface area contributed by atoms with Crippen LogP contribution >= 0.6 is 11.3 Å². The van der Waals surface area contributed by atoms with E-state index in [1.807, 2.05) is 29.6 Å². The molecule has 3 rings (SSSR count). The molecule has 128 valence electrons. The van der Waals surface area contributed by atoms with E-state index in [-0.39, 0.29) is 12.0 Å². The molecule has 1 atom stereocenters. The molecule has 2 aromatic rings. The van der Waals surface area contributed by atoms with E-state index < -0.39 is 0 Å². The number of thiophene rings is 1. The average Bonchev–Trinajstić information content (AvgIpc) is 3.13. The van der Waals surface area contributed by atoms with Crippen LogP contribution < -0.4 is 10.6 Å². The van der Waals surface area contributed by atoms with Crippen LogP contribution in [0.2, 0.25) is 0 Å². The Morgan fingerprint density at radius 2 is 2.38 bits per heavy atom. The Bertz CT molecular complexity index is 623. The first-order chi connectivity index (χ1) is 11.8. The molecule has 1 amide bonds. The highest BCUT2D eigenvalue weighted by Gasteiger charge is 2.22. The normalized spacial score (nSPS) is 18.2. The minimum Gasteiger partial charge on any atom is -0.374 e. The second-order valence-corrected chi connectivity index (χ2v) is 6.61. The van der Waals surface area contributed by atoms with E-state index in [4.69, 9.17) is 4.74 Å². The van der Waals surface area contributed by atoms with Crippen LogP contribution in [-0.2, 0) is 16.1 Å². The quantitative estimate of drug-likeness (QED) is 0.777. The van der Waals surface area contributed by atoms with E-state index >= 15 is 0 Å². The lowest BCUT2D eigenvalue weighted by molar-refractivity contribution is -0.124. The predicted molar refractivity (Wildman–Crippen MR) is 92.9 cm³/mol. The summed E-state index contributed by atoms with van der Waals surface area (Å²) in [6.07, 6.45) is 1.67. The largest absolute Gasteiger partial charge is 0.374 e. The smallest absolute Gasteiger partial charge is 0.234 e. The predicted octanol–water partition coefficient (Wildman–Crippen LogP) is 0.967. The van der Waals surface area contributed by atoms with Crippen LogP contribution in [0.1, 0.15) is 4.88 Å². The van der Waals surface area contributed by atoms with Gasteiger partial charge in [0.15, 0.2) is 0 Å². The zero-order valence-corrected chi connectivity index (χ0v) is 14.2. The SMILES string of the molecule is O=C(CN1CCO[C@@H](CNc2cccnn2)C1)NCc1cccs1. The maximum absolute atomic E-state index is 12.1. The lowest BCUT2D eigenvalue weighted by Gasteiger charge is -2.32. The van der Waals surface area contributed by atoms with Crippen molar-refractivity contribution in [1.82, 2.24) is 20.4 Å². The van der Waals surface area contributed by atoms with Crippen molar-refractivity contribution in [3.05, 3.63) is 40.7 Å². The van der Waals surface area contributed by atoms with Crippen molar-refractivity contribution in [3.63, 3.8) is 0 Å². The molecule has 8 heteroatoms. The molecule has 0 aliphatic carbocycles. The van der Waals surface area contributed by atoms with Crippen molar-refractivity contribution < 1.29 is 9.53 Å². The Morgan fingerprint density at radius 3 is 3.17 bits per heavy atom. The molecular formula is C16H21N5O2S. The van der Waals surface area contributed by atoms with Gasteiger partial charge in [0.25, 0.3) is 0 Å². The fraction of sp³-hybridized carbons (Fsp3) is 0.438. The minimum atomic E-state index is 0.0332. The monoisotopic (exact) mass is 347 g/mol. The first-order valence-electron chi connectivity index (χ1n) is 7.94. The Balaban J connectivity index is 1.39.